The van der Waals surface area contributed by atoms with Crippen molar-refractivity contribution in [2.45, 2.75) is 82.5 Å². The monoisotopic (exact) mass is 439 g/mol. The second-order valence-corrected chi connectivity index (χ2v) is 9.59. The minimum atomic E-state index is -1.24. The largest absolute Gasteiger partial charge is 0.384 e. The number of nitrogens with two attached hydrogens (primary N) is 1. The van der Waals surface area contributed by atoms with Crippen molar-refractivity contribution in [3.63, 3.8) is 0 Å². The van der Waals surface area contributed by atoms with Crippen molar-refractivity contribution < 1.29 is 19.4 Å². The van der Waals surface area contributed by atoms with Crippen LogP contribution in [0.15, 0.2) is 18.2 Å². The van der Waals surface area contributed by atoms with Crippen LogP contribution in [-0.2, 0) is 5.60 Å². The maximum Gasteiger partial charge on any atom is 0.269 e. The molecule has 4 aliphatic rings. The van der Waals surface area contributed by atoms with Crippen LogP contribution in [0, 0.1) is 17.7 Å². The maximum absolute atomic E-state index is 13.7. The summed E-state index contributed by atoms with van der Waals surface area (Å²) in [6.07, 6.45) is 5.69. The summed E-state index contributed by atoms with van der Waals surface area (Å²) in [4.78, 5) is 16.3. The smallest absolute Gasteiger partial charge is 0.269 e. The predicted octanol–water partition coefficient (Wildman–Crippen LogP) is 3.76. The zero-order valence-corrected chi connectivity index (χ0v) is 18.8. The molecule has 2 fully saturated rings. The van der Waals surface area contributed by atoms with Gasteiger partial charge in [-0.25, -0.2) is 9.37 Å². The van der Waals surface area contributed by atoms with Crippen LogP contribution in [0.1, 0.15) is 93.0 Å². The first-order valence-corrected chi connectivity index (χ1v) is 11.1. The van der Waals surface area contributed by atoms with Gasteiger partial charge in [0.1, 0.15) is 22.8 Å². The molecule has 2 saturated carbocycles. The summed E-state index contributed by atoms with van der Waals surface area (Å²) in [6.45, 7) is 5.02. The van der Waals surface area contributed by atoms with Gasteiger partial charge in [0.2, 0.25) is 0 Å². The molecule has 2 bridgehead atoms. The number of benzene rings is 1. The summed E-state index contributed by atoms with van der Waals surface area (Å²) in [5.74, 6) is 5.52. The summed E-state index contributed by atoms with van der Waals surface area (Å²) in [6, 6.07) is 4.79. The number of rotatable bonds is 2. The molecule has 6 nitrogen and oxygen atoms in total. The summed E-state index contributed by atoms with van der Waals surface area (Å²) < 4.78 is 15.6. The van der Waals surface area contributed by atoms with Crippen molar-refractivity contribution in [2.75, 3.05) is 0 Å². The summed E-state index contributed by atoms with van der Waals surface area (Å²) in [5.41, 5.74) is 5.89. The van der Waals surface area contributed by atoms with Gasteiger partial charge in [0, 0.05) is 11.6 Å². The van der Waals surface area contributed by atoms with E-state index in [1.54, 1.807) is 32.9 Å². The van der Waals surface area contributed by atoms with Crippen molar-refractivity contribution in [3.05, 3.63) is 41.0 Å². The molecular weight excluding hydrogens is 409 g/mol. The van der Waals surface area contributed by atoms with Crippen LogP contribution in [0.25, 0.3) is 11.4 Å². The van der Waals surface area contributed by atoms with Gasteiger partial charge in [0.05, 0.1) is 5.69 Å². The summed E-state index contributed by atoms with van der Waals surface area (Å²) in [7, 11) is 0. The number of primary amides is 1. The SMILES string of the molecule is CC#CC1(O)CCCC1.CC(C)(O)c1c(C(N)=O)nc2n1C1CC(C1)c1cc(F)ccc1-2. The molecule has 1 amide bonds. The van der Waals surface area contributed by atoms with Gasteiger partial charge in [-0.1, -0.05) is 5.92 Å². The minimum Gasteiger partial charge on any atom is -0.384 e. The third-order valence-corrected chi connectivity index (χ3v) is 6.69. The molecule has 0 atom stereocenters. The molecule has 1 aromatic heterocycles. The number of carbonyl (C=O) groups is 1. The van der Waals surface area contributed by atoms with E-state index in [2.05, 4.69) is 16.8 Å². The van der Waals surface area contributed by atoms with E-state index in [1.807, 2.05) is 4.57 Å². The molecule has 6 rings (SSSR count). The molecule has 7 heteroatoms. The van der Waals surface area contributed by atoms with Crippen LogP contribution in [0.4, 0.5) is 4.39 Å². The highest BCUT2D eigenvalue weighted by molar-refractivity contribution is 5.93. The topological polar surface area (TPSA) is 101 Å². The second-order valence-electron chi connectivity index (χ2n) is 9.59. The van der Waals surface area contributed by atoms with E-state index in [0.717, 1.165) is 49.7 Å². The third kappa shape index (κ3) is 3.94. The molecule has 2 aliphatic carbocycles. The standard InChI is InChI=1S/C17H18FN3O2.C8H12O/c1-17(2,23)14-13(15(19)22)20-16-11-4-3-9(18)7-12(11)8-5-10(6-8)21(14)16;1-2-5-8(9)6-3-4-7-8/h3-4,7-8,10,23H,5-6H2,1-2H3,(H2,19,22);9H,3-4,6-7H2,1H3. The van der Waals surface area contributed by atoms with Crippen LogP contribution in [-0.4, -0.2) is 31.3 Å². The number of imidazole rings is 1. The van der Waals surface area contributed by atoms with Crippen LogP contribution in [0.5, 0.6) is 0 Å². The molecule has 0 saturated heterocycles. The van der Waals surface area contributed by atoms with Crippen molar-refractivity contribution >= 4 is 5.91 Å². The van der Waals surface area contributed by atoms with Gasteiger partial charge in [0.15, 0.2) is 5.69 Å². The molecule has 0 spiro atoms. The highest BCUT2D eigenvalue weighted by atomic mass is 19.1. The molecule has 0 unspecified atom stereocenters. The number of hydrogen-bond donors (Lipinski definition) is 3. The number of nitrogens with zero attached hydrogens (tertiary/aromatic N) is 2. The Bertz CT molecular complexity index is 1110. The van der Waals surface area contributed by atoms with Gasteiger partial charge in [0.25, 0.3) is 5.91 Å². The molecule has 4 N–H and O–H groups in total. The Balaban J connectivity index is 0.000000230. The zero-order valence-electron chi connectivity index (χ0n) is 18.8. The van der Waals surface area contributed by atoms with Crippen LogP contribution in [0.3, 0.4) is 0 Å². The van der Waals surface area contributed by atoms with Gasteiger partial charge in [-0.3, -0.25) is 4.79 Å². The number of aliphatic hydroxyl groups is 2. The highest BCUT2D eigenvalue weighted by Crippen LogP contribution is 2.53. The van der Waals surface area contributed by atoms with Crippen LogP contribution >= 0.6 is 0 Å². The lowest BCUT2D eigenvalue weighted by Gasteiger charge is -2.37. The van der Waals surface area contributed by atoms with E-state index in [1.165, 1.54) is 6.07 Å². The van der Waals surface area contributed by atoms with Gasteiger partial charge in [-0.05, 0) is 89.0 Å². The molecule has 3 heterocycles. The Morgan fingerprint density at radius 2 is 1.97 bits per heavy atom. The summed E-state index contributed by atoms with van der Waals surface area (Å²) in [5, 5.41) is 20.1. The first-order valence-electron chi connectivity index (χ1n) is 11.1. The molecule has 32 heavy (non-hydrogen) atoms. The van der Waals surface area contributed by atoms with E-state index in [9.17, 15) is 19.4 Å². The van der Waals surface area contributed by atoms with E-state index in [-0.39, 0.29) is 17.6 Å². The lowest BCUT2D eigenvalue weighted by atomic mass is 9.75. The Morgan fingerprint density at radius 3 is 2.53 bits per heavy atom. The second kappa shape index (κ2) is 8.02. The average Bonchev–Trinajstić information content (AvgIpc) is 3.21. The average molecular weight is 440 g/mol. The van der Waals surface area contributed by atoms with E-state index >= 15 is 0 Å². The Morgan fingerprint density at radius 1 is 1.31 bits per heavy atom. The Kier molecular flexibility index (Phi) is 5.64. The van der Waals surface area contributed by atoms with E-state index in [0.29, 0.717) is 17.4 Å². The number of halogens is 1. The quantitative estimate of drug-likeness (QED) is 0.620. The van der Waals surface area contributed by atoms with Gasteiger partial charge >= 0.3 is 0 Å². The van der Waals surface area contributed by atoms with Gasteiger partial charge in [-0.15, -0.1) is 5.92 Å². The first kappa shape index (κ1) is 22.5. The number of amides is 1. The highest BCUT2D eigenvalue weighted by Gasteiger charge is 2.43. The van der Waals surface area contributed by atoms with Crippen molar-refractivity contribution in [2.24, 2.45) is 5.73 Å². The van der Waals surface area contributed by atoms with Crippen molar-refractivity contribution in [3.8, 4) is 23.2 Å². The van der Waals surface area contributed by atoms with Gasteiger partial charge < -0.3 is 20.5 Å². The molecule has 1 aromatic carbocycles. The lowest BCUT2D eigenvalue weighted by Crippen LogP contribution is -2.31. The molecule has 0 radical (unpaired) electrons. The Labute approximate surface area is 187 Å². The molecule has 2 aliphatic heterocycles. The minimum absolute atomic E-state index is 0.0909. The fraction of sp³-hybridized carbons (Fsp3) is 0.520. The fourth-order valence-electron chi connectivity index (χ4n) is 5.18. The van der Waals surface area contributed by atoms with Gasteiger partial charge in [-0.2, -0.15) is 0 Å². The van der Waals surface area contributed by atoms with Crippen molar-refractivity contribution in [1.29, 1.82) is 0 Å². The van der Waals surface area contributed by atoms with Crippen LogP contribution < -0.4 is 5.73 Å². The number of hydrogen-bond acceptors (Lipinski definition) is 4. The van der Waals surface area contributed by atoms with Crippen molar-refractivity contribution in [1.82, 2.24) is 9.55 Å². The Hall–Kier alpha value is -2.69. The zero-order chi connectivity index (χ0) is 23.3. The normalized spacial score (nSPS) is 22.2. The number of aromatic nitrogens is 2. The third-order valence-electron chi connectivity index (χ3n) is 6.69. The molecule has 2 aromatic rings. The number of carbonyl (C=O) groups excluding carboxylic acids is 1. The molecular formula is C25H30FN3O3. The van der Waals surface area contributed by atoms with Crippen LogP contribution in [0.2, 0.25) is 0 Å². The van der Waals surface area contributed by atoms with E-state index < -0.39 is 17.1 Å². The predicted molar refractivity (Wildman–Crippen MR) is 119 cm³/mol. The summed E-state index contributed by atoms with van der Waals surface area (Å²) >= 11 is 0. The lowest BCUT2D eigenvalue weighted by molar-refractivity contribution is 0.0625. The fourth-order valence-corrected chi connectivity index (χ4v) is 5.18. The first-order chi connectivity index (χ1) is 15.0. The van der Waals surface area contributed by atoms with E-state index in [4.69, 9.17) is 5.73 Å². The molecule has 170 valence electrons. The maximum atomic E-state index is 13.7.